The van der Waals surface area contributed by atoms with Crippen LogP contribution in [0.1, 0.15) is 34.2 Å². The Bertz CT molecular complexity index is 577. The van der Waals surface area contributed by atoms with Crippen LogP contribution in [0.2, 0.25) is 0 Å². The lowest BCUT2D eigenvalue weighted by Crippen LogP contribution is -2.25. The van der Waals surface area contributed by atoms with Crippen molar-refractivity contribution in [1.82, 2.24) is 19.9 Å². The van der Waals surface area contributed by atoms with Gasteiger partial charge in [-0.1, -0.05) is 0 Å². The average Bonchev–Trinajstić information content (AvgIpc) is 3.08. The summed E-state index contributed by atoms with van der Waals surface area (Å²) in [5.74, 6) is 0.919. The van der Waals surface area contributed by atoms with Crippen LogP contribution in [-0.2, 0) is 13.0 Å². The van der Waals surface area contributed by atoms with Crippen LogP contribution in [0.15, 0.2) is 17.8 Å². The summed E-state index contributed by atoms with van der Waals surface area (Å²) in [4.78, 5) is 20.3. The standard InChI is InChI=1S/C14H21N5OS/c1-11-16-7-9-19(11)8-3-2-6-17-14(20)12-10-21-13(18-12)4-5-15/h7,9-10H,2-6,8,15H2,1H3,(H,17,20). The van der Waals surface area contributed by atoms with Gasteiger partial charge in [-0.05, 0) is 26.3 Å². The molecule has 0 aliphatic rings. The maximum absolute atomic E-state index is 11.9. The summed E-state index contributed by atoms with van der Waals surface area (Å²) in [6.45, 7) is 4.14. The molecule has 21 heavy (non-hydrogen) atoms. The highest BCUT2D eigenvalue weighted by Gasteiger charge is 2.09. The van der Waals surface area contributed by atoms with Crippen molar-refractivity contribution in [3.8, 4) is 0 Å². The van der Waals surface area contributed by atoms with Crippen LogP contribution >= 0.6 is 11.3 Å². The molecule has 0 bridgehead atoms. The van der Waals surface area contributed by atoms with Gasteiger partial charge < -0.3 is 15.6 Å². The van der Waals surface area contributed by atoms with Gasteiger partial charge >= 0.3 is 0 Å². The third-order valence-corrected chi connectivity index (χ3v) is 4.09. The van der Waals surface area contributed by atoms with Gasteiger partial charge in [0, 0.05) is 37.3 Å². The first-order valence-electron chi connectivity index (χ1n) is 7.11. The molecule has 6 nitrogen and oxygen atoms in total. The molecule has 7 heteroatoms. The normalized spacial score (nSPS) is 10.8. The van der Waals surface area contributed by atoms with Crippen LogP contribution in [0.25, 0.3) is 0 Å². The number of thiazole rings is 1. The van der Waals surface area contributed by atoms with Crippen molar-refractivity contribution in [3.63, 3.8) is 0 Å². The van der Waals surface area contributed by atoms with Crippen molar-refractivity contribution >= 4 is 17.2 Å². The van der Waals surface area contributed by atoms with Crippen molar-refractivity contribution in [2.24, 2.45) is 5.73 Å². The van der Waals surface area contributed by atoms with Gasteiger partial charge in [0.15, 0.2) is 0 Å². The first-order valence-corrected chi connectivity index (χ1v) is 7.99. The molecule has 0 aromatic carbocycles. The number of amides is 1. The lowest BCUT2D eigenvalue weighted by Gasteiger charge is -2.05. The van der Waals surface area contributed by atoms with E-state index in [-0.39, 0.29) is 5.91 Å². The molecule has 3 N–H and O–H groups in total. The predicted molar refractivity (Wildman–Crippen MR) is 83.4 cm³/mol. The fraction of sp³-hybridized carbons (Fsp3) is 0.500. The molecule has 0 saturated carbocycles. The zero-order chi connectivity index (χ0) is 15.1. The molecule has 0 fully saturated rings. The molecule has 2 aromatic heterocycles. The quantitative estimate of drug-likeness (QED) is 0.721. The maximum Gasteiger partial charge on any atom is 0.270 e. The number of imidazole rings is 1. The van der Waals surface area contributed by atoms with Crippen molar-refractivity contribution < 1.29 is 4.79 Å². The number of carbonyl (C=O) groups excluding carboxylic acids is 1. The van der Waals surface area contributed by atoms with E-state index in [9.17, 15) is 4.79 Å². The third-order valence-electron chi connectivity index (χ3n) is 3.18. The van der Waals surface area contributed by atoms with Crippen molar-refractivity contribution in [2.45, 2.75) is 32.7 Å². The SMILES string of the molecule is Cc1nccn1CCCCNC(=O)c1csc(CCN)n1. The van der Waals surface area contributed by atoms with Gasteiger partial charge in [0.1, 0.15) is 11.5 Å². The van der Waals surface area contributed by atoms with Gasteiger partial charge in [-0.2, -0.15) is 0 Å². The molecule has 0 aliphatic carbocycles. The van der Waals surface area contributed by atoms with E-state index in [1.165, 1.54) is 11.3 Å². The summed E-state index contributed by atoms with van der Waals surface area (Å²) in [5, 5.41) is 5.60. The number of unbranched alkanes of at least 4 members (excludes halogenated alkanes) is 1. The van der Waals surface area contributed by atoms with Crippen molar-refractivity contribution in [3.05, 3.63) is 34.3 Å². The smallest absolute Gasteiger partial charge is 0.270 e. The number of hydrogen-bond donors (Lipinski definition) is 2. The average molecular weight is 307 g/mol. The minimum absolute atomic E-state index is 0.103. The summed E-state index contributed by atoms with van der Waals surface area (Å²) in [5.41, 5.74) is 5.96. The van der Waals surface area contributed by atoms with E-state index in [1.54, 1.807) is 11.6 Å². The second kappa shape index (κ2) is 7.90. The number of aromatic nitrogens is 3. The van der Waals surface area contributed by atoms with E-state index >= 15 is 0 Å². The molecule has 0 spiro atoms. The Hall–Kier alpha value is -1.73. The molecule has 0 atom stereocenters. The molecule has 0 aliphatic heterocycles. The molecule has 0 saturated heterocycles. The van der Waals surface area contributed by atoms with Gasteiger partial charge in [0.2, 0.25) is 0 Å². The van der Waals surface area contributed by atoms with Crippen molar-refractivity contribution in [1.29, 1.82) is 0 Å². The minimum atomic E-state index is -0.103. The van der Waals surface area contributed by atoms with Crippen LogP contribution in [0.4, 0.5) is 0 Å². The first kappa shape index (κ1) is 15.7. The molecule has 2 heterocycles. The molecule has 0 radical (unpaired) electrons. The molecule has 1 amide bonds. The zero-order valence-corrected chi connectivity index (χ0v) is 13.0. The highest BCUT2D eigenvalue weighted by molar-refractivity contribution is 7.09. The summed E-state index contributed by atoms with van der Waals surface area (Å²) in [6, 6.07) is 0. The summed E-state index contributed by atoms with van der Waals surface area (Å²) >= 11 is 1.48. The Balaban J connectivity index is 1.66. The largest absolute Gasteiger partial charge is 0.351 e. The van der Waals surface area contributed by atoms with Gasteiger partial charge in [-0.25, -0.2) is 9.97 Å². The first-order chi connectivity index (χ1) is 10.2. The van der Waals surface area contributed by atoms with E-state index in [1.807, 2.05) is 13.1 Å². The number of hydrogen-bond acceptors (Lipinski definition) is 5. The number of nitrogens with zero attached hydrogens (tertiary/aromatic N) is 3. The maximum atomic E-state index is 11.9. The van der Waals surface area contributed by atoms with Crippen LogP contribution in [-0.4, -0.2) is 33.5 Å². The molecular weight excluding hydrogens is 286 g/mol. The lowest BCUT2D eigenvalue weighted by molar-refractivity contribution is 0.0948. The third kappa shape index (κ3) is 4.64. The Morgan fingerprint density at radius 1 is 1.48 bits per heavy atom. The highest BCUT2D eigenvalue weighted by atomic mass is 32.1. The Kier molecular flexibility index (Phi) is 5.89. The summed E-state index contributed by atoms with van der Waals surface area (Å²) < 4.78 is 2.11. The molecule has 0 unspecified atom stereocenters. The van der Waals surface area contributed by atoms with Crippen molar-refractivity contribution in [2.75, 3.05) is 13.1 Å². The van der Waals surface area contributed by atoms with Crippen LogP contribution in [0.3, 0.4) is 0 Å². The van der Waals surface area contributed by atoms with Crippen LogP contribution in [0, 0.1) is 6.92 Å². The second-order valence-electron chi connectivity index (χ2n) is 4.80. The molecule has 114 valence electrons. The van der Waals surface area contributed by atoms with Gasteiger partial charge in [0.25, 0.3) is 5.91 Å². The number of nitrogens with one attached hydrogen (secondary N) is 1. The van der Waals surface area contributed by atoms with Crippen LogP contribution < -0.4 is 11.1 Å². The Labute approximate surface area is 128 Å². The zero-order valence-electron chi connectivity index (χ0n) is 12.2. The molecule has 2 rings (SSSR count). The van der Waals surface area contributed by atoms with E-state index in [0.29, 0.717) is 18.8 Å². The Morgan fingerprint density at radius 2 is 2.33 bits per heavy atom. The number of aryl methyl sites for hydroxylation is 2. The van der Waals surface area contributed by atoms with Crippen LogP contribution in [0.5, 0.6) is 0 Å². The number of carbonyl (C=O) groups is 1. The summed E-state index contributed by atoms with van der Waals surface area (Å²) in [7, 11) is 0. The van der Waals surface area contributed by atoms with E-state index < -0.39 is 0 Å². The van der Waals surface area contributed by atoms with Gasteiger partial charge in [-0.3, -0.25) is 4.79 Å². The topological polar surface area (TPSA) is 85.8 Å². The highest BCUT2D eigenvalue weighted by Crippen LogP contribution is 2.09. The van der Waals surface area contributed by atoms with E-state index in [2.05, 4.69) is 19.9 Å². The fourth-order valence-electron chi connectivity index (χ4n) is 1.99. The second-order valence-corrected chi connectivity index (χ2v) is 5.74. The summed E-state index contributed by atoms with van der Waals surface area (Å²) in [6.07, 6.45) is 6.44. The van der Waals surface area contributed by atoms with E-state index in [4.69, 9.17) is 5.73 Å². The van der Waals surface area contributed by atoms with E-state index in [0.717, 1.165) is 36.6 Å². The lowest BCUT2D eigenvalue weighted by atomic mass is 10.3. The Morgan fingerprint density at radius 3 is 3.05 bits per heavy atom. The minimum Gasteiger partial charge on any atom is -0.351 e. The fourth-order valence-corrected chi connectivity index (χ4v) is 2.79. The van der Waals surface area contributed by atoms with Gasteiger partial charge in [0.05, 0.1) is 5.01 Å². The number of nitrogens with two attached hydrogens (primary N) is 1. The monoisotopic (exact) mass is 307 g/mol. The molecular formula is C14H21N5OS. The number of rotatable bonds is 8. The molecule has 2 aromatic rings. The predicted octanol–water partition coefficient (Wildman–Crippen LogP) is 1.36. The van der Waals surface area contributed by atoms with Gasteiger partial charge in [-0.15, -0.1) is 11.3 Å².